The van der Waals surface area contributed by atoms with Crippen molar-refractivity contribution in [3.05, 3.63) is 60.2 Å². The van der Waals surface area contributed by atoms with Gasteiger partial charge in [0, 0.05) is 43.5 Å². The van der Waals surface area contributed by atoms with Crippen molar-refractivity contribution in [2.24, 2.45) is 7.05 Å². The van der Waals surface area contributed by atoms with Crippen LogP contribution >= 0.6 is 11.3 Å². The third-order valence-corrected chi connectivity index (χ3v) is 6.51. The lowest BCUT2D eigenvalue weighted by Crippen LogP contribution is -1.85. The maximum absolute atomic E-state index is 2.40. The first-order valence-electron chi connectivity index (χ1n) is 9.08. The first-order chi connectivity index (χ1) is 12.3. The summed E-state index contributed by atoms with van der Waals surface area (Å²) in [5, 5.41) is 5.50. The number of aryl methyl sites for hydroxylation is 2. The van der Waals surface area contributed by atoms with Gasteiger partial charge in [-0.3, -0.25) is 0 Å². The smallest absolute Gasteiger partial charge is 0.0503 e. The van der Waals surface area contributed by atoms with Gasteiger partial charge in [0.2, 0.25) is 0 Å². The number of aromatic nitrogens is 1. The number of fused-ring (bicyclic) bond motifs is 6. The molecule has 2 aromatic heterocycles. The van der Waals surface area contributed by atoms with E-state index in [9.17, 15) is 0 Å². The van der Waals surface area contributed by atoms with E-state index in [1.165, 1.54) is 66.8 Å². The molecule has 2 heteroatoms. The molecule has 3 aromatic carbocycles. The molecular weight excluding hydrogens is 322 g/mol. The number of thiophene rings is 1. The summed E-state index contributed by atoms with van der Waals surface area (Å²) in [6.45, 7) is 2.26. The van der Waals surface area contributed by atoms with E-state index < -0.39 is 0 Å². The summed E-state index contributed by atoms with van der Waals surface area (Å²) >= 11 is 1.93. The normalized spacial score (nSPS) is 12.1. The zero-order chi connectivity index (χ0) is 17.0. The van der Waals surface area contributed by atoms with Crippen molar-refractivity contribution in [1.82, 2.24) is 4.57 Å². The Morgan fingerprint density at radius 2 is 1.64 bits per heavy atom. The van der Waals surface area contributed by atoms with E-state index >= 15 is 0 Å². The molecular formula is C23H21NS. The Balaban J connectivity index is 1.81. The quantitative estimate of drug-likeness (QED) is 0.331. The van der Waals surface area contributed by atoms with Crippen LogP contribution in [0.25, 0.3) is 42.0 Å². The van der Waals surface area contributed by atoms with E-state index in [2.05, 4.69) is 73.1 Å². The molecule has 0 saturated heterocycles. The molecule has 5 rings (SSSR count). The first kappa shape index (κ1) is 15.0. The van der Waals surface area contributed by atoms with Gasteiger partial charge in [0.15, 0.2) is 0 Å². The van der Waals surface area contributed by atoms with Crippen molar-refractivity contribution in [2.75, 3.05) is 0 Å². The van der Waals surface area contributed by atoms with Crippen LogP contribution in [0.15, 0.2) is 54.6 Å². The van der Waals surface area contributed by atoms with E-state index in [-0.39, 0.29) is 0 Å². The highest BCUT2D eigenvalue weighted by Gasteiger charge is 2.12. The third kappa shape index (κ3) is 2.21. The molecule has 0 aliphatic rings. The molecule has 0 atom stereocenters. The van der Waals surface area contributed by atoms with E-state index in [1.807, 2.05) is 11.3 Å². The predicted molar refractivity (Wildman–Crippen MR) is 112 cm³/mol. The van der Waals surface area contributed by atoms with Crippen molar-refractivity contribution in [1.29, 1.82) is 0 Å². The van der Waals surface area contributed by atoms with Gasteiger partial charge in [-0.25, -0.2) is 0 Å². The van der Waals surface area contributed by atoms with Crippen LogP contribution < -0.4 is 0 Å². The van der Waals surface area contributed by atoms with Crippen LogP contribution in [0.4, 0.5) is 0 Å². The van der Waals surface area contributed by atoms with Crippen LogP contribution in [0.5, 0.6) is 0 Å². The first-order valence-corrected chi connectivity index (χ1v) is 9.90. The number of nitrogens with zero attached hydrogens (tertiary/aromatic N) is 1. The number of rotatable bonds is 3. The van der Waals surface area contributed by atoms with Crippen molar-refractivity contribution >= 4 is 53.3 Å². The Morgan fingerprint density at radius 1 is 0.800 bits per heavy atom. The fourth-order valence-corrected chi connectivity index (χ4v) is 5.19. The summed E-state index contributed by atoms with van der Waals surface area (Å²) in [7, 11) is 2.17. The van der Waals surface area contributed by atoms with Gasteiger partial charge in [0.25, 0.3) is 0 Å². The molecule has 0 saturated carbocycles. The molecule has 0 unspecified atom stereocenters. The van der Waals surface area contributed by atoms with Gasteiger partial charge in [-0.15, -0.1) is 11.3 Å². The molecule has 0 fully saturated rings. The molecule has 5 aromatic rings. The summed E-state index contributed by atoms with van der Waals surface area (Å²) in [5.41, 5.74) is 4.10. The lowest BCUT2D eigenvalue weighted by molar-refractivity contribution is 0.796. The highest BCUT2D eigenvalue weighted by molar-refractivity contribution is 7.25. The van der Waals surface area contributed by atoms with Gasteiger partial charge in [-0.05, 0) is 42.7 Å². The molecule has 0 spiro atoms. The highest BCUT2D eigenvalue weighted by Crippen LogP contribution is 2.39. The minimum atomic E-state index is 1.19. The van der Waals surface area contributed by atoms with Gasteiger partial charge < -0.3 is 4.57 Å². The number of unbranched alkanes of at least 4 members (excludes halogenated alkanes) is 1. The molecule has 0 amide bonds. The fraction of sp³-hybridized carbons (Fsp3) is 0.217. The molecule has 124 valence electrons. The van der Waals surface area contributed by atoms with Crippen LogP contribution in [0.3, 0.4) is 0 Å². The van der Waals surface area contributed by atoms with Gasteiger partial charge in [-0.1, -0.05) is 43.7 Å². The average Bonchev–Trinajstić information content (AvgIpc) is 3.14. The Kier molecular flexibility index (Phi) is 3.36. The maximum Gasteiger partial charge on any atom is 0.0503 e. The van der Waals surface area contributed by atoms with Crippen LogP contribution in [0.2, 0.25) is 0 Å². The molecule has 2 heterocycles. The lowest BCUT2D eigenvalue weighted by atomic mass is 10.0. The molecule has 0 bridgehead atoms. The highest BCUT2D eigenvalue weighted by atomic mass is 32.1. The van der Waals surface area contributed by atoms with E-state index in [0.29, 0.717) is 0 Å². The minimum Gasteiger partial charge on any atom is -0.344 e. The Labute approximate surface area is 151 Å². The second-order valence-corrected chi connectivity index (χ2v) is 8.06. The Morgan fingerprint density at radius 3 is 2.52 bits per heavy atom. The summed E-state index contributed by atoms with van der Waals surface area (Å²) in [6, 6.07) is 20.5. The monoisotopic (exact) mass is 343 g/mol. The van der Waals surface area contributed by atoms with Gasteiger partial charge in [0.05, 0.1) is 5.52 Å². The van der Waals surface area contributed by atoms with Crippen molar-refractivity contribution in [3.8, 4) is 0 Å². The number of hydrogen-bond acceptors (Lipinski definition) is 1. The number of benzene rings is 3. The predicted octanol–water partition coefficient (Wildman–Crippen LogP) is 7.04. The van der Waals surface area contributed by atoms with Crippen molar-refractivity contribution in [2.45, 2.75) is 26.2 Å². The number of hydrogen-bond donors (Lipinski definition) is 0. The van der Waals surface area contributed by atoms with Crippen LogP contribution in [0, 0.1) is 0 Å². The molecule has 25 heavy (non-hydrogen) atoms. The fourth-order valence-electron chi connectivity index (χ4n) is 4.01. The SMILES string of the molecule is CCCCc1ccc2c(c1)sc1cc3c(cc12)c1ccccc1n3C. The van der Waals surface area contributed by atoms with Crippen molar-refractivity contribution in [3.63, 3.8) is 0 Å². The van der Waals surface area contributed by atoms with Crippen LogP contribution in [-0.4, -0.2) is 4.57 Å². The number of para-hydroxylation sites is 1. The minimum absolute atomic E-state index is 1.19. The Hall–Kier alpha value is -2.32. The second kappa shape index (κ2) is 5.60. The topological polar surface area (TPSA) is 4.93 Å². The molecule has 0 radical (unpaired) electrons. The van der Waals surface area contributed by atoms with Crippen LogP contribution in [-0.2, 0) is 13.5 Å². The van der Waals surface area contributed by atoms with Gasteiger partial charge in [-0.2, -0.15) is 0 Å². The summed E-state index contributed by atoms with van der Waals surface area (Å²) in [5.74, 6) is 0. The van der Waals surface area contributed by atoms with Crippen molar-refractivity contribution < 1.29 is 0 Å². The Bertz CT molecular complexity index is 1240. The zero-order valence-corrected chi connectivity index (χ0v) is 15.5. The van der Waals surface area contributed by atoms with E-state index in [1.54, 1.807) is 0 Å². The molecule has 0 aliphatic heterocycles. The van der Waals surface area contributed by atoms with Crippen LogP contribution in [0.1, 0.15) is 25.3 Å². The molecule has 0 aliphatic carbocycles. The molecule has 0 N–H and O–H groups in total. The summed E-state index contributed by atoms with van der Waals surface area (Å²) in [4.78, 5) is 0. The maximum atomic E-state index is 2.40. The third-order valence-electron chi connectivity index (χ3n) is 5.39. The van der Waals surface area contributed by atoms with E-state index in [4.69, 9.17) is 0 Å². The summed E-state index contributed by atoms with van der Waals surface area (Å²) in [6.07, 6.45) is 3.71. The summed E-state index contributed by atoms with van der Waals surface area (Å²) < 4.78 is 5.13. The standard InChI is InChI=1S/C23H21NS/c1-3-4-7-15-10-11-17-19-13-18-16-8-5-6-9-20(16)24(2)21(18)14-23(19)25-22(17)12-15/h5-6,8-14H,3-4,7H2,1-2H3. The van der Waals surface area contributed by atoms with E-state index in [0.717, 1.165) is 0 Å². The molecule has 1 nitrogen and oxygen atoms in total. The largest absolute Gasteiger partial charge is 0.344 e. The average molecular weight is 343 g/mol. The van der Waals surface area contributed by atoms with Gasteiger partial charge in [0.1, 0.15) is 0 Å². The second-order valence-electron chi connectivity index (χ2n) is 6.98. The van der Waals surface area contributed by atoms with Gasteiger partial charge >= 0.3 is 0 Å². The lowest BCUT2D eigenvalue weighted by Gasteiger charge is -2.00. The zero-order valence-electron chi connectivity index (χ0n) is 14.7.